The lowest BCUT2D eigenvalue weighted by atomic mass is 10.3. The fourth-order valence-corrected chi connectivity index (χ4v) is 2.21. The highest BCUT2D eigenvalue weighted by Crippen LogP contribution is 2.12. The molecule has 1 amide bonds. The van der Waals surface area contributed by atoms with Gasteiger partial charge in [-0.3, -0.25) is 4.79 Å². The average molecular weight is 307 g/mol. The Labute approximate surface area is 133 Å². The van der Waals surface area contributed by atoms with Gasteiger partial charge in [0.05, 0.1) is 0 Å². The van der Waals surface area contributed by atoms with E-state index in [0.29, 0.717) is 12.2 Å². The van der Waals surface area contributed by atoms with E-state index in [1.165, 1.54) is 6.33 Å². The van der Waals surface area contributed by atoms with Gasteiger partial charge in [0.2, 0.25) is 0 Å². The van der Waals surface area contributed by atoms with E-state index in [-0.39, 0.29) is 5.91 Å². The first-order valence-electron chi connectivity index (χ1n) is 8.08. The predicted molar refractivity (Wildman–Crippen MR) is 90.3 cm³/mol. The number of nitrogens with one attached hydrogen (secondary N) is 1. The fourth-order valence-electron chi connectivity index (χ4n) is 2.21. The molecule has 6 heteroatoms. The molecule has 0 bridgehead atoms. The zero-order valence-corrected chi connectivity index (χ0v) is 14.3. The number of amides is 1. The summed E-state index contributed by atoms with van der Waals surface area (Å²) in [4.78, 5) is 24.8. The number of aromatic nitrogens is 2. The molecule has 6 nitrogen and oxygen atoms in total. The number of rotatable bonds is 10. The van der Waals surface area contributed by atoms with Gasteiger partial charge in [0.1, 0.15) is 17.8 Å². The second kappa shape index (κ2) is 10.1. The molecule has 1 aromatic heterocycles. The Morgan fingerprint density at radius 2 is 1.82 bits per heavy atom. The van der Waals surface area contributed by atoms with Crippen molar-refractivity contribution in [1.29, 1.82) is 0 Å². The third-order valence-electron chi connectivity index (χ3n) is 3.26. The highest BCUT2D eigenvalue weighted by atomic mass is 16.1. The van der Waals surface area contributed by atoms with Gasteiger partial charge in [-0.05, 0) is 39.9 Å². The van der Waals surface area contributed by atoms with E-state index in [9.17, 15) is 4.79 Å². The van der Waals surface area contributed by atoms with E-state index in [1.54, 1.807) is 6.07 Å². The third kappa shape index (κ3) is 6.39. The summed E-state index contributed by atoms with van der Waals surface area (Å²) in [5, 5.41) is 2.91. The normalized spacial score (nSPS) is 10.8. The second-order valence-corrected chi connectivity index (χ2v) is 5.66. The van der Waals surface area contributed by atoms with Crippen LogP contribution in [0, 0.1) is 0 Å². The van der Waals surface area contributed by atoms with Crippen LogP contribution in [-0.2, 0) is 0 Å². The first-order chi connectivity index (χ1) is 10.6. The summed E-state index contributed by atoms with van der Waals surface area (Å²) >= 11 is 0. The molecule has 0 fully saturated rings. The molecule has 124 valence electrons. The zero-order chi connectivity index (χ0) is 16.4. The van der Waals surface area contributed by atoms with Crippen LogP contribution in [0.3, 0.4) is 0 Å². The van der Waals surface area contributed by atoms with Gasteiger partial charge in [0.15, 0.2) is 0 Å². The Hall–Kier alpha value is -1.69. The smallest absolute Gasteiger partial charge is 0.270 e. The predicted octanol–water partition coefficient (Wildman–Crippen LogP) is 1.78. The number of hydrogen-bond donors (Lipinski definition) is 1. The van der Waals surface area contributed by atoms with Gasteiger partial charge in [-0.25, -0.2) is 9.97 Å². The molecule has 0 spiro atoms. The van der Waals surface area contributed by atoms with Crippen LogP contribution in [0.1, 0.15) is 43.6 Å². The van der Waals surface area contributed by atoms with Crippen molar-refractivity contribution in [2.45, 2.75) is 33.1 Å². The summed E-state index contributed by atoms with van der Waals surface area (Å²) in [5.41, 5.74) is 0.437. The molecule has 0 aliphatic rings. The second-order valence-electron chi connectivity index (χ2n) is 5.66. The van der Waals surface area contributed by atoms with E-state index in [0.717, 1.165) is 44.7 Å². The van der Waals surface area contributed by atoms with E-state index in [1.807, 2.05) is 14.1 Å². The summed E-state index contributed by atoms with van der Waals surface area (Å²) in [7, 11) is 4.04. The molecule has 0 aliphatic heterocycles. The van der Waals surface area contributed by atoms with E-state index in [4.69, 9.17) is 0 Å². The lowest BCUT2D eigenvalue weighted by Crippen LogP contribution is -2.29. The minimum absolute atomic E-state index is 0.129. The highest BCUT2D eigenvalue weighted by Gasteiger charge is 2.11. The monoisotopic (exact) mass is 307 g/mol. The summed E-state index contributed by atoms with van der Waals surface area (Å²) in [6, 6.07) is 1.78. The Balaban J connectivity index is 2.63. The summed E-state index contributed by atoms with van der Waals surface area (Å²) in [5.74, 6) is 0.701. The molecule has 1 N–H and O–H groups in total. The molecule has 0 saturated carbocycles. The Morgan fingerprint density at radius 3 is 2.41 bits per heavy atom. The van der Waals surface area contributed by atoms with Crippen LogP contribution in [-0.4, -0.2) is 61.0 Å². The number of anilines is 1. The number of hydrogen-bond acceptors (Lipinski definition) is 5. The topological polar surface area (TPSA) is 61.4 Å². The van der Waals surface area contributed by atoms with E-state index < -0.39 is 0 Å². The van der Waals surface area contributed by atoms with Gasteiger partial charge in [0.25, 0.3) is 5.91 Å². The standard InChI is InChI=1S/C16H29N5O/c1-5-9-21(10-6-2)15-12-14(18-13-19-15)16(22)17-8-7-11-20(3)4/h12-13H,5-11H2,1-4H3,(H,17,22). The van der Waals surface area contributed by atoms with Crippen LogP contribution in [0.15, 0.2) is 12.4 Å². The Bertz CT molecular complexity index is 444. The number of carbonyl (C=O) groups is 1. The summed E-state index contributed by atoms with van der Waals surface area (Å²) in [6.45, 7) is 7.77. The van der Waals surface area contributed by atoms with Crippen LogP contribution < -0.4 is 10.2 Å². The Kier molecular flexibility index (Phi) is 8.43. The lowest BCUT2D eigenvalue weighted by Gasteiger charge is -2.22. The number of nitrogens with zero attached hydrogens (tertiary/aromatic N) is 4. The van der Waals surface area contributed by atoms with Crippen molar-refractivity contribution in [2.75, 3.05) is 45.2 Å². The largest absolute Gasteiger partial charge is 0.357 e. The van der Waals surface area contributed by atoms with E-state index >= 15 is 0 Å². The fraction of sp³-hybridized carbons (Fsp3) is 0.688. The Morgan fingerprint density at radius 1 is 1.14 bits per heavy atom. The third-order valence-corrected chi connectivity index (χ3v) is 3.26. The molecule has 22 heavy (non-hydrogen) atoms. The minimum atomic E-state index is -0.129. The molecule has 0 atom stereocenters. The van der Waals surface area contributed by atoms with Crippen molar-refractivity contribution in [3.8, 4) is 0 Å². The van der Waals surface area contributed by atoms with Crippen molar-refractivity contribution in [2.24, 2.45) is 0 Å². The van der Waals surface area contributed by atoms with Crippen molar-refractivity contribution in [3.05, 3.63) is 18.1 Å². The maximum Gasteiger partial charge on any atom is 0.270 e. The van der Waals surface area contributed by atoms with Crippen molar-refractivity contribution < 1.29 is 4.79 Å². The first kappa shape index (κ1) is 18.4. The van der Waals surface area contributed by atoms with Crippen LogP contribution in [0.25, 0.3) is 0 Å². The summed E-state index contributed by atoms with van der Waals surface area (Å²) in [6.07, 6.45) is 4.50. The summed E-state index contributed by atoms with van der Waals surface area (Å²) < 4.78 is 0. The number of carbonyl (C=O) groups excluding carboxylic acids is 1. The van der Waals surface area contributed by atoms with Gasteiger partial charge in [0, 0.05) is 25.7 Å². The maximum absolute atomic E-state index is 12.1. The molecule has 1 heterocycles. The van der Waals surface area contributed by atoms with Crippen molar-refractivity contribution >= 4 is 11.7 Å². The van der Waals surface area contributed by atoms with Gasteiger partial charge >= 0.3 is 0 Å². The van der Waals surface area contributed by atoms with Crippen LogP contribution in [0.5, 0.6) is 0 Å². The molecular weight excluding hydrogens is 278 g/mol. The highest BCUT2D eigenvalue weighted by molar-refractivity contribution is 5.92. The van der Waals surface area contributed by atoms with Crippen LogP contribution in [0.4, 0.5) is 5.82 Å². The molecule has 0 saturated heterocycles. The van der Waals surface area contributed by atoms with E-state index in [2.05, 4.69) is 38.9 Å². The van der Waals surface area contributed by atoms with Gasteiger partial charge in [-0.1, -0.05) is 13.8 Å². The molecular formula is C16H29N5O. The van der Waals surface area contributed by atoms with Crippen LogP contribution >= 0.6 is 0 Å². The average Bonchev–Trinajstić information content (AvgIpc) is 2.51. The lowest BCUT2D eigenvalue weighted by molar-refractivity contribution is 0.0947. The van der Waals surface area contributed by atoms with Gasteiger partial charge < -0.3 is 15.1 Å². The maximum atomic E-state index is 12.1. The molecule has 1 aromatic rings. The molecule has 0 aliphatic carbocycles. The first-order valence-corrected chi connectivity index (χ1v) is 8.08. The minimum Gasteiger partial charge on any atom is -0.357 e. The van der Waals surface area contributed by atoms with Crippen molar-refractivity contribution in [1.82, 2.24) is 20.2 Å². The SMILES string of the molecule is CCCN(CCC)c1cc(C(=O)NCCCN(C)C)ncn1. The molecule has 0 radical (unpaired) electrons. The molecule has 1 rings (SSSR count). The van der Waals surface area contributed by atoms with Gasteiger partial charge in [-0.15, -0.1) is 0 Å². The zero-order valence-electron chi connectivity index (χ0n) is 14.3. The molecule has 0 unspecified atom stereocenters. The molecule has 0 aromatic carbocycles. The quantitative estimate of drug-likeness (QED) is 0.668. The van der Waals surface area contributed by atoms with Crippen molar-refractivity contribution in [3.63, 3.8) is 0 Å². The van der Waals surface area contributed by atoms with Crippen LogP contribution in [0.2, 0.25) is 0 Å². The van der Waals surface area contributed by atoms with Gasteiger partial charge in [-0.2, -0.15) is 0 Å².